The van der Waals surface area contributed by atoms with Crippen LogP contribution in [-0.4, -0.2) is 69.3 Å². The molecular formula is C21H21ClN4O3. The summed E-state index contributed by atoms with van der Waals surface area (Å²) in [7, 11) is 0. The zero-order valence-corrected chi connectivity index (χ0v) is 16.5. The second-order valence-electron chi connectivity index (χ2n) is 7.28. The molecule has 8 heteroatoms. The Morgan fingerprint density at radius 2 is 1.76 bits per heavy atom. The predicted molar refractivity (Wildman–Crippen MR) is 109 cm³/mol. The van der Waals surface area contributed by atoms with Gasteiger partial charge in [0, 0.05) is 43.0 Å². The second kappa shape index (κ2) is 7.83. The third-order valence-electron chi connectivity index (χ3n) is 5.27. The number of halogens is 1. The summed E-state index contributed by atoms with van der Waals surface area (Å²) < 4.78 is 0. The molecule has 2 aliphatic rings. The van der Waals surface area contributed by atoms with Crippen molar-refractivity contribution in [2.45, 2.75) is 18.4 Å². The molecule has 2 heterocycles. The van der Waals surface area contributed by atoms with Crippen LogP contribution in [0.5, 0.6) is 0 Å². The lowest BCUT2D eigenvalue weighted by molar-refractivity contribution is -0.139. The third-order valence-corrected chi connectivity index (χ3v) is 5.51. The molecule has 0 bridgehead atoms. The maximum Gasteiger partial charge on any atom is 0.331 e. The number of pyridine rings is 1. The molecule has 1 saturated carbocycles. The van der Waals surface area contributed by atoms with Gasteiger partial charge in [0.1, 0.15) is 5.69 Å². The average molecular weight is 413 g/mol. The summed E-state index contributed by atoms with van der Waals surface area (Å²) in [6.45, 7) is 2.13. The maximum atomic E-state index is 12.8. The van der Waals surface area contributed by atoms with Gasteiger partial charge < -0.3 is 14.9 Å². The molecule has 150 valence electrons. The molecule has 1 aromatic carbocycles. The fraction of sp³-hybridized carbons (Fsp3) is 0.333. The van der Waals surface area contributed by atoms with Crippen molar-refractivity contribution in [1.29, 1.82) is 0 Å². The fourth-order valence-corrected chi connectivity index (χ4v) is 3.60. The Morgan fingerprint density at radius 3 is 2.34 bits per heavy atom. The Balaban J connectivity index is 1.52. The van der Waals surface area contributed by atoms with Crippen LogP contribution in [0.2, 0.25) is 5.02 Å². The van der Waals surface area contributed by atoms with Crippen molar-refractivity contribution < 1.29 is 14.7 Å². The van der Waals surface area contributed by atoms with E-state index in [1.807, 2.05) is 23.1 Å². The number of piperazine rings is 1. The zero-order chi connectivity index (χ0) is 20.4. The Bertz CT molecular complexity index is 951. The highest BCUT2D eigenvalue weighted by Gasteiger charge is 2.51. The van der Waals surface area contributed by atoms with Crippen molar-refractivity contribution in [3.63, 3.8) is 0 Å². The summed E-state index contributed by atoms with van der Waals surface area (Å²) in [6, 6.07) is 12.4. The maximum absolute atomic E-state index is 12.8. The number of amides is 1. The van der Waals surface area contributed by atoms with Gasteiger partial charge in [-0.3, -0.25) is 9.78 Å². The highest BCUT2D eigenvalue weighted by atomic mass is 35.5. The number of carbonyl (C=O) groups is 2. The average Bonchev–Trinajstić information content (AvgIpc) is 3.54. The smallest absolute Gasteiger partial charge is 0.331 e. The Hall–Kier alpha value is -2.93. The van der Waals surface area contributed by atoms with Crippen LogP contribution in [0.1, 0.15) is 28.9 Å². The highest BCUT2D eigenvalue weighted by Crippen LogP contribution is 2.40. The minimum absolute atomic E-state index is 0.0623. The number of nitrogens with zero attached hydrogens (tertiary/aromatic N) is 4. The first-order chi connectivity index (χ1) is 14.0. The number of aliphatic imine (C=N–C) groups is 1. The van der Waals surface area contributed by atoms with Gasteiger partial charge in [-0.2, -0.15) is 0 Å². The van der Waals surface area contributed by atoms with Crippen LogP contribution in [0.4, 0.5) is 0 Å². The van der Waals surface area contributed by atoms with Gasteiger partial charge in [0.05, 0.1) is 0 Å². The number of carboxylic acid groups (broad SMARTS) is 1. The third kappa shape index (κ3) is 4.10. The monoisotopic (exact) mass is 412 g/mol. The van der Waals surface area contributed by atoms with E-state index in [4.69, 9.17) is 11.6 Å². The van der Waals surface area contributed by atoms with E-state index in [0.29, 0.717) is 61.1 Å². The van der Waals surface area contributed by atoms with Crippen LogP contribution in [0.15, 0.2) is 53.7 Å². The normalized spacial score (nSPS) is 18.4. The number of aliphatic carboxylic acids is 1. The summed E-state index contributed by atoms with van der Waals surface area (Å²) in [5.74, 6) is -0.381. The second-order valence-corrected chi connectivity index (χ2v) is 7.71. The van der Waals surface area contributed by atoms with Gasteiger partial charge in [0.15, 0.2) is 11.4 Å². The zero-order valence-electron chi connectivity index (χ0n) is 15.8. The minimum Gasteiger partial charge on any atom is -0.479 e. The van der Waals surface area contributed by atoms with Gasteiger partial charge >= 0.3 is 5.97 Å². The largest absolute Gasteiger partial charge is 0.479 e. The van der Waals surface area contributed by atoms with E-state index in [-0.39, 0.29) is 5.91 Å². The van der Waals surface area contributed by atoms with Gasteiger partial charge in [-0.15, -0.1) is 0 Å². The molecule has 1 saturated heterocycles. The quantitative estimate of drug-likeness (QED) is 0.616. The molecule has 1 aliphatic carbocycles. The lowest BCUT2D eigenvalue weighted by atomic mass is 10.1. The van der Waals surface area contributed by atoms with Gasteiger partial charge in [-0.25, -0.2) is 9.79 Å². The molecule has 1 amide bonds. The molecule has 0 radical (unpaired) electrons. The van der Waals surface area contributed by atoms with Gasteiger partial charge in [0.2, 0.25) is 0 Å². The molecule has 0 unspecified atom stereocenters. The lowest BCUT2D eigenvalue weighted by Gasteiger charge is -2.36. The number of hydrogen-bond acceptors (Lipinski definition) is 4. The molecule has 29 heavy (non-hydrogen) atoms. The summed E-state index contributed by atoms with van der Waals surface area (Å²) in [6.07, 6.45) is 2.74. The summed E-state index contributed by atoms with van der Waals surface area (Å²) in [5, 5.41) is 10.1. The van der Waals surface area contributed by atoms with E-state index >= 15 is 0 Å². The predicted octanol–water partition coefficient (Wildman–Crippen LogP) is 2.56. The molecule has 2 aromatic rings. The summed E-state index contributed by atoms with van der Waals surface area (Å²) >= 11 is 6.00. The molecule has 0 spiro atoms. The number of carbonyl (C=O) groups excluding carboxylic acids is 1. The Kier molecular flexibility index (Phi) is 5.24. The van der Waals surface area contributed by atoms with Crippen molar-refractivity contribution in [2.75, 3.05) is 26.2 Å². The van der Waals surface area contributed by atoms with Gasteiger partial charge in [-0.1, -0.05) is 23.7 Å². The molecular weight excluding hydrogens is 392 g/mol. The lowest BCUT2D eigenvalue weighted by Crippen LogP contribution is -2.51. The van der Waals surface area contributed by atoms with Crippen LogP contribution in [0.25, 0.3) is 0 Å². The number of amidine groups is 1. The number of rotatable bonds is 4. The van der Waals surface area contributed by atoms with Gasteiger partial charge in [0.25, 0.3) is 5.91 Å². The van der Waals surface area contributed by atoms with Crippen molar-refractivity contribution in [3.8, 4) is 0 Å². The van der Waals surface area contributed by atoms with Crippen LogP contribution in [0, 0.1) is 0 Å². The van der Waals surface area contributed by atoms with E-state index in [9.17, 15) is 14.7 Å². The van der Waals surface area contributed by atoms with Crippen molar-refractivity contribution >= 4 is 29.3 Å². The standard InChI is InChI=1S/C21H21ClN4O3/c22-16-5-3-4-15(14-16)19(27)26-12-10-25(11-13-26)18(17-6-1-2-9-23-17)24-21(7-8-21)20(28)29/h1-6,9,14H,7-8,10-13H2,(H,28,29). The van der Waals surface area contributed by atoms with Crippen LogP contribution in [0.3, 0.4) is 0 Å². The summed E-state index contributed by atoms with van der Waals surface area (Å²) in [5.41, 5.74) is 0.169. The van der Waals surface area contributed by atoms with Crippen LogP contribution < -0.4 is 0 Å². The van der Waals surface area contributed by atoms with E-state index in [1.165, 1.54) is 0 Å². The molecule has 1 aromatic heterocycles. The highest BCUT2D eigenvalue weighted by molar-refractivity contribution is 6.30. The van der Waals surface area contributed by atoms with Crippen molar-refractivity contribution in [3.05, 3.63) is 64.9 Å². The topological polar surface area (TPSA) is 86.1 Å². The molecule has 2 fully saturated rings. The minimum atomic E-state index is -1.04. The number of hydrogen-bond donors (Lipinski definition) is 1. The summed E-state index contributed by atoms with van der Waals surface area (Å²) in [4.78, 5) is 37.2. The Morgan fingerprint density at radius 1 is 1.03 bits per heavy atom. The van der Waals surface area contributed by atoms with Crippen LogP contribution in [-0.2, 0) is 4.79 Å². The van der Waals surface area contributed by atoms with E-state index < -0.39 is 11.5 Å². The van der Waals surface area contributed by atoms with E-state index in [1.54, 1.807) is 35.4 Å². The molecule has 1 N–H and O–H groups in total. The molecule has 7 nitrogen and oxygen atoms in total. The number of carboxylic acids is 1. The van der Waals surface area contributed by atoms with Crippen molar-refractivity contribution in [1.82, 2.24) is 14.8 Å². The first-order valence-corrected chi connectivity index (χ1v) is 9.91. The Labute approximate surface area is 173 Å². The number of aromatic nitrogens is 1. The van der Waals surface area contributed by atoms with Crippen LogP contribution >= 0.6 is 11.6 Å². The first-order valence-electron chi connectivity index (χ1n) is 9.53. The van der Waals surface area contributed by atoms with Gasteiger partial charge in [-0.05, 0) is 43.2 Å². The first kappa shape index (κ1) is 19.4. The van der Waals surface area contributed by atoms with E-state index in [0.717, 1.165) is 0 Å². The molecule has 0 atom stereocenters. The van der Waals surface area contributed by atoms with Crippen molar-refractivity contribution in [2.24, 2.45) is 4.99 Å². The SMILES string of the molecule is O=C(c1cccc(Cl)c1)N1CCN(C(=NC2(C(=O)O)CC2)c2ccccn2)CC1. The molecule has 4 rings (SSSR count). The fourth-order valence-electron chi connectivity index (χ4n) is 3.41. The van der Waals surface area contributed by atoms with E-state index in [2.05, 4.69) is 9.98 Å². The molecule has 1 aliphatic heterocycles. The number of benzene rings is 1.